The Morgan fingerprint density at radius 2 is 1.90 bits per heavy atom. The van der Waals surface area contributed by atoms with Gasteiger partial charge < -0.3 is 20.3 Å². The smallest absolute Gasteiger partial charge is 0.191 e. The van der Waals surface area contributed by atoms with E-state index in [4.69, 9.17) is 4.74 Å². The number of fused-ring (bicyclic) bond motifs is 1. The summed E-state index contributed by atoms with van der Waals surface area (Å²) in [5.74, 6) is 1.58. The fourth-order valence-corrected chi connectivity index (χ4v) is 3.84. The molecule has 1 aliphatic rings. The molecule has 0 spiro atoms. The Morgan fingerprint density at radius 1 is 1.17 bits per heavy atom. The molecule has 160 valence electrons. The lowest BCUT2D eigenvalue weighted by atomic mass is 9.97. The van der Waals surface area contributed by atoms with Crippen molar-refractivity contribution in [3.8, 4) is 0 Å². The van der Waals surface area contributed by atoms with Gasteiger partial charge in [-0.05, 0) is 61.2 Å². The van der Waals surface area contributed by atoms with Gasteiger partial charge in [-0.25, -0.2) is 0 Å². The number of piperidine rings is 1. The third-order valence-electron chi connectivity index (χ3n) is 5.73. The average molecular weight is 510 g/mol. The Hall–Kier alpha value is -1.38. The van der Waals surface area contributed by atoms with Crippen LogP contribution in [0.3, 0.4) is 0 Å². The Morgan fingerprint density at radius 3 is 2.59 bits per heavy atom. The SMILES string of the molecule is CN=C(NCC1CCN(CCOC)CC1)NC(C)c1ccc2ccccc2c1.I. The van der Waals surface area contributed by atoms with Crippen LogP contribution in [0.1, 0.15) is 31.4 Å². The lowest BCUT2D eigenvalue weighted by Crippen LogP contribution is -2.43. The molecular weight excluding hydrogens is 475 g/mol. The van der Waals surface area contributed by atoms with Crippen LogP contribution in [0.25, 0.3) is 10.8 Å². The van der Waals surface area contributed by atoms with Crippen molar-refractivity contribution in [2.24, 2.45) is 10.9 Å². The predicted molar refractivity (Wildman–Crippen MR) is 133 cm³/mol. The number of halogens is 1. The summed E-state index contributed by atoms with van der Waals surface area (Å²) in [6.45, 7) is 7.35. The predicted octanol–water partition coefficient (Wildman–Crippen LogP) is 4.04. The highest BCUT2D eigenvalue weighted by Crippen LogP contribution is 2.20. The molecule has 1 fully saturated rings. The second kappa shape index (κ2) is 12.3. The van der Waals surface area contributed by atoms with E-state index < -0.39 is 0 Å². The van der Waals surface area contributed by atoms with Crippen LogP contribution in [0.15, 0.2) is 47.5 Å². The van der Waals surface area contributed by atoms with Crippen molar-refractivity contribution in [1.29, 1.82) is 0 Å². The van der Waals surface area contributed by atoms with E-state index >= 15 is 0 Å². The number of nitrogens with one attached hydrogen (secondary N) is 2. The standard InChI is InChI=1S/C23H34N4O.HI/c1-18(21-9-8-20-6-4-5-7-22(20)16-21)26-23(24-2)25-17-19-10-12-27(13-11-19)14-15-28-3;/h4-9,16,18-19H,10-15,17H2,1-3H3,(H2,24,25,26);1H. The monoisotopic (exact) mass is 510 g/mol. The highest BCUT2D eigenvalue weighted by atomic mass is 127. The summed E-state index contributed by atoms with van der Waals surface area (Å²) in [5, 5.41) is 9.62. The third kappa shape index (κ3) is 7.12. The van der Waals surface area contributed by atoms with Crippen molar-refractivity contribution >= 4 is 40.7 Å². The van der Waals surface area contributed by atoms with E-state index in [-0.39, 0.29) is 30.0 Å². The maximum Gasteiger partial charge on any atom is 0.191 e. The molecule has 0 amide bonds. The summed E-state index contributed by atoms with van der Waals surface area (Å²) >= 11 is 0. The number of hydrogen-bond acceptors (Lipinski definition) is 3. The van der Waals surface area contributed by atoms with Crippen LogP contribution in [-0.4, -0.2) is 57.8 Å². The number of rotatable bonds is 7. The lowest BCUT2D eigenvalue weighted by Gasteiger charge is -2.32. The normalized spacial score (nSPS) is 17.0. The zero-order valence-electron chi connectivity index (χ0n) is 17.9. The van der Waals surface area contributed by atoms with Gasteiger partial charge in [0.15, 0.2) is 5.96 Å². The molecule has 6 heteroatoms. The molecule has 5 nitrogen and oxygen atoms in total. The average Bonchev–Trinajstić information content (AvgIpc) is 2.75. The molecule has 0 aromatic heterocycles. The molecule has 3 rings (SSSR count). The van der Waals surface area contributed by atoms with Gasteiger partial charge in [0.25, 0.3) is 0 Å². The number of nitrogens with zero attached hydrogens (tertiary/aromatic N) is 2. The minimum Gasteiger partial charge on any atom is -0.383 e. The molecule has 0 radical (unpaired) electrons. The first-order valence-corrected chi connectivity index (χ1v) is 10.4. The molecule has 1 aliphatic heterocycles. The van der Waals surface area contributed by atoms with E-state index in [9.17, 15) is 0 Å². The van der Waals surface area contributed by atoms with Crippen LogP contribution in [0.5, 0.6) is 0 Å². The highest BCUT2D eigenvalue weighted by Gasteiger charge is 2.19. The van der Waals surface area contributed by atoms with Crippen LogP contribution in [-0.2, 0) is 4.74 Å². The van der Waals surface area contributed by atoms with E-state index in [1.54, 1.807) is 7.11 Å². The van der Waals surface area contributed by atoms with E-state index in [0.717, 1.165) is 38.7 Å². The van der Waals surface area contributed by atoms with Crippen molar-refractivity contribution in [3.63, 3.8) is 0 Å². The first kappa shape index (κ1) is 23.9. The fourth-order valence-electron chi connectivity index (χ4n) is 3.84. The van der Waals surface area contributed by atoms with E-state index in [0.29, 0.717) is 5.92 Å². The molecule has 0 aliphatic carbocycles. The molecule has 1 unspecified atom stereocenters. The number of hydrogen-bond donors (Lipinski definition) is 2. The minimum absolute atomic E-state index is 0. The maximum atomic E-state index is 5.18. The van der Waals surface area contributed by atoms with Crippen molar-refractivity contribution in [2.45, 2.75) is 25.8 Å². The summed E-state index contributed by atoms with van der Waals surface area (Å²) in [4.78, 5) is 6.92. The molecule has 1 heterocycles. The van der Waals surface area contributed by atoms with Gasteiger partial charge in [0.2, 0.25) is 0 Å². The second-order valence-electron chi connectivity index (χ2n) is 7.70. The van der Waals surface area contributed by atoms with Crippen molar-refractivity contribution < 1.29 is 4.74 Å². The van der Waals surface area contributed by atoms with E-state index in [2.05, 4.69) is 69.9 Å². The number of benzene rings is 2. The van der Waals surface area contributed by atoms with Crippen LogP contribution in [0, 0.1) is 5.92 Å². The number of ether oxygens (including phenoxy) is 1. The molecule has 0 bridgehead atoms. The Bertz CT molecular complexity index is 774. The van der Waals surface area contributed by atoms with Gasteiger partial charge in [-0.2, -0.15) is 0 Å². The summed E-state index contributed by atoms with van der Waals surface area (Å²) in [6.07, 6.45) is 2.46. The first-order valence-electron chi connectivity index (χ1n) is 10.4. The molecule has 1 atom stereocenters. The fraction of sp³-hybridized carbons (Fsp3) is 0.522. The Balaban J connectivity index is 0.00000300. The van der Waals surface area contributed by atoms with Crippen molar-refractivity contribution in [3.05, 3.63) is 48.0 Å². The maximum absolute atomic E-state index is 5.18. The number of aliphatic imine (C=N–C) groups is 1. The summed E-state index contributed by atoms with van der Waals surface area (Å²) in [6, 6.07) is 15.3. The van der Waals surface area contributed by atoms with Crippen molar-refractivity contribution in [1.82, 2.24) is 15.5 Å². The quantitative estimate of drug-likeness (QED) is 0.336. The van der Waals surface area contributed by atoms with Gasteiger partial charge in [-0.3, -0.25) is 4.99 Å². The number of methoxy groups -OCH3 is 1. The molecular formula is C23H35IN4O. The summed E-state index contributed by atoms with van der Waals surface area (Å²) in [5.41, 5.74) is 1.27. The molecule has 2 N–H and O–H groups in total. The topological polar surface area (TPSA) is 48.9 Å². The summed E-state index contributed by atoms with van der Waals surface area (Å²) in [7, 11) is 3.62. The van der Waals surface area contributed by atoms with Gasteiger partial charge in [0.05, 0.1) is 12.6 Å². The number of likely N-dealkylation sites (tertiary alicyclic amines) is 1. The van der Waals surface area contributed by atoms with Crippen LogP contribution in [0.4, 0.5) is 0 Å². The zero-order valence-corrected chi connectivity index (χ0v) is 20.2. The first-order chi connectivity index (χ1) is 13.7. The summed E-state index contributed by atoms with van der Waals surface area (Å²) < 4.78 is 5.18. The van der Waals surface area contributed by atoms with E-state index in [1.165, 1.54) is 29.2 Å². The van der Waals surface area contributed by atoms with Gasteiger partial charge in [-0.1, -0.05) is 36.4 Å². The number of guanidine groups is 1. The molecule has 1 saturated heterocycles. The molecule has 2 aromatic rings. The minimum atomic E-state index is 0. The molecule has 2 aromatic carbocycles. The van der Waals surface area contributed by atoms with Gasteiger partial charge in [0.1, 0.15) is 0 Å². The third-order valence-corrected chi connectivity index (χ3v) is 5.73. The van der Waals surface area contributed by atoms with Crippen LogP contribution >= 0.6 is 24.0 Å². The Kier molecular flexibility index (Phi) is 10.2. The van der Waals surface area contributed by atoms with Crippen LogP contribution in [0.2, 0.25) is 0 Å². The van der Waals surface area contributed by atoms with Crippen LogP contribution < -0.4 is 10.6 Å². The Labute approximate surface area is 192 Å². The molecule has 29 heavy (non-hydrogen) atoms. The van der Waals surface area contributed by atoms with Gasteiger partial charge in [0, 0.05) is 27.2 Å². The highest BCUT2D eigenvalue weighted by molar-refractivity contribution is 14.0. The molecule has 0 saturated carbocycles. The van der Waals surface area contributed by atoms with Gasteiger partial charge in [-0.15, -0.1) is 24.0 Å². The zero-order chi connectivity index (χ0) is 19.8. The largest absolute Gasteiger partial charge is 0.383 e. The van der Waals surface area contributed by atoms with E-state index in [1.807, 2.05) is 7.05 Å². The van der Waals surface area contributed by atoms with Gasteiger partial charge >= 0.3 is 0 Å². The lowest BCUT2D eigenvalue weighted by molar-refractivity contribution is 0.121. The second-order valence-corrected chi connectivity index (χ2v) is 7.70. The van der Waals surface area contributed by atoms with Crippen molar-refractivity contribution in [2.75, 3.05) is 46.9 Å².